The van der Waals surface area contributed by atoms with Gasteiger partial charge in [0.25, 0.3) is 0 Å². The Morgan fingerprint density at radius 1 is 1.35 bits per heavy atom. The summed E-state index contributed by atoms with van der Waals surface area (Å²) in [6.45, 7) is 0. The van der Waals surface area contributed by atoms with Crippen LogP contribution >= 0.6 is 11.6 Å². The van der Waals surface area contributed by atoms with E-state index in [-0.39, 0.29) is 0 Å². The highest BCUT2D eigenvalue weighted by atomic mass is 35.5. The molecule has 7 heteroatoms. The minimum Gasteiger partial charge on any atom is -0.326 e. The second kappa shape index (κ2) is 5.95. The van der Waals surface area contributed by atoms with E-state index in [4.69, 9.17) is 11.6 Å². The molecule has 1 atom stereocenters. The van der Waals surface area contributed by atoms with Gasteiger partial charge in [0.1, 0.15) is 0 Å². The lowest BCUT2D eigenvalue weighted by Gasteiger charge is -2.04. The number of nitrogens with zero attached hydrogens (tertiary/aromatic N) is 1. The topological polar surface area (TPSA) is 89.3 Å². The van der Waals surface area contributed by atoms with Gasteiger partial charge in [-0.05, 0) is 23.7 Å². The third-order valence-corrected chi connectivity index (χ3v) is 2.25. The van der Waals surface area contributed by atoms with E-state index < -0.39 is 28.5 Å². The molecule has 0 saturated heterocycles. The average molecular weight is 257 g/mol. The molecule has 0 radical (unpaired) electrons. The fourth-order valence-electron chi connectivity index (χ4n) is 1.09. The summed E-state index contributed by atoms with van der Waals surface area (Å²) < 4.78 is 0. The van der Waals surface area contributed by atoms with Crippen LogP contribution in [-0.4, -0.2) is 22.1 Å². The van der Waals surface area contributed by atoms with Gasteiger partial charge in [0.05, 0.1) is 6.42 Å². The molecule has 0 fully saturated rings. The smallest absolute Gasteiger partial charge is 0.326 e. The molecule has 1 aromatic carbocycles. The van der Waals surface area contributed by atoms with Gasteiger partial charge in [-0.3, -0.25) is 19.7 Å². The molecule has 6 nitrogen and oxygen atoms in total. The van der Waals surface area contributed by atoms with Crippen molar-refractivity contribution in [2.75, 3.05) is 5.32 Å². The van der Waals surface area contributed by atoms with Crippen molar-refractivity contribution in [2.45, 2.75) is 11.9 Å². The van der Waals surface area contributed by atoms with Crippen molar-refractivity contribution in [1.82, 2.24) is 0 Å². The first-order chi connectivity index (χ1) is 8.00. The highest BCUT2D eigenvalue weighted by Crippen LogP contribution is 2.07. The number of alkyl halides is 1. The molecule has 1 unspecified atom stereocenters. The van der Waals surface area contributed by atoms with Crippen molar-refractivity contribution in [3.63, 3.8) is 0 Å². The zero-order valence-electron chi connectivity index (χ0n) is 8.63. The lowest BCUT2D eigenvalue weighted by atomic mass is 10.2. The number of hydrogen-bond donors (Lipinski definition) is 1. The largest absolute Gasteiger partial charge is 0.344 e. The van der Waals surface area contributed by atoms with E-state index in [0.717, 1.165) is 0 Å². The van der Waals surface area contributed by atoms with Gasteiger partial charge in [-0.2, -0.15) is 0 Å². The number of carbonyl (C=O) groups excluding carboxylic acids is 2. The van der Waals surface area contributed by atoms with Crippen LogP contribution in [0.3, 0.4) is 0 Å². The minimum atomic E-state index is -1.88. The molecule has 90 valence electrons. The Morgan fingerprint density at radius 3 is 2.47 bits per heavy atom. The van der Waals surface area contributed by atoms with Gasteiger partial charge in [-0.1, -0.05) is 18.2 Å². The molecule has 0 aliphatic carbocycles. The highest BCUT2D eigenvalue weighted by Gasteiger charge is 2.28. The highest BCUT2D eigenvalue weighted by molar-refractivity contribution is 6.31. The van der Waals surface area contributed by atoms with Crippen molar-refractivity contribution >= 4 is 29.0 Å². The Labute approximate surface area is 102 Å². The van der Waals surface area contributed by atoms with Gasteiger partial charge in [0.15, 0.2) is 0 Å². The standard InChI is InChI=1S/C10H9ClN2O4/c11-10(13(16)17)8(14)6-9(15)12-7-4-2-1-3-5-7/h1-5,10H,6H2,(H,12,15). The second-order valence-electron chi connectivity index (χ2n) is 3.18. The molecule has 1 amide bonds. The normalized spacial score (nSPS) is 11.6. The fraction of sp³-hybridized carbons (Fsp3) is 0.200. The summed E-state index contributed by atoms with van der Waals surface area (Å²) in [5.74, 6) is -1.57. The van der Waals surface area contributed by atoms with Crippen LogP contribution in [0.1, 0.15) is 6.42 Å². The minimum absolute atomic E-state index is 0.512. The van der Waals surface area contributed by atoms with Crippen molar-refractivity contribution in [3.05, 3.63) is 40.4 Å². The van der Waals surface area contributed by atoms with E-state index in [2.05, 4.69) is 5.32 Å². The Morgan fingerprint density at radius 2 is 1.94 bits per heavy atom. The number of halogens is 1. The number of nitrogens with one attached hydrogen (secondary N) is 1. The molecular formula is C10H9ClN2O4. The summed E-state index contributed by atoms with van der Waals surface area (Å²) in [7, 11) is 0. The van der Waals surface area contributed by atoms with E-state index in [1.807, 2.05) is 0 Å². The van der Waals surface area contributed by atoms with Crippen LogP contribution in [0, 0.1) is 10.1 Å². The first-order valence-corrected chi connectivity index (χ1v) is 5.09. The van der Waals surface area contributed by atoms with Gasteiger partial charge < -0.3 is 5.32 Å². The number of amides is 1. The number of ketones is 1. The summed E-state index contributed by atoms with van der Waals surface area (Å²) in [6.07, 6.45) is -0.621. The molecule has 17 heavy (non-hydrogen) atoms. The third-order valence-electron chi connectivity index (χ3n) is 1.84. The number of anilines is 1. The predicted molar refractivity (Wildman–Crippen MR) is 61.3 cm³/mol. The van der Waals surface area contributed by atoms with Crippen LogP contribution in [-0.2, 0) is 9.59 Å². The Hall–Kier alpha value is -1.95. The molecule has 0 heterocycles. The number of hydrogen-bond acceptors (Lipinski definition) is 4. The third kappa shape index (κ3) is 4.20. The Kier molecular flexibility index (Phi) is 4.59. The first-order valence-electron chi connectivity index (χ1n) is 4.66. The van der Waals surface area contributed by atoms with Crippen molar-refractivity contribution in [1.29, 1.82) is 0 Å². The van der Waals surface area contributed by atoms with Gasteiger partial charge in [-0.15, -0.1) is 0 Å². The fourth-order valence-corrected chi connectivity index (χ4v) is 1.16. The maximum Gasteiger partial charge on any atom is 0.344 e. The molecular weight excluding hydrogens is 248 g/mol. The van der Waals surface area contributed by atoms with Gasteiger partial charge >= 0.3 is 5.50 Å². The molecule has 0 aliphatic rings. The summed E-state index contributed by atoms with van der Waals surface area (Å²) in [4.78, 5) is 31.7. The van der Waals surface area contributed by atoms with Crippen LogP contribution < -0.4 is 5.32 Å². The van der Waals surface area contributed by atoms with Crippen molar-refractivity contribution in [2.24, 2.45) is 0 Å². The quantitative estimate of drug-likeness (QED) is 0.284. The van der Waals surface area contributed by atoms with Crippen LogP contribution in [0.25, 0.3) is 0 Å². The molecule has 0 aliphatic heterocycles. The monoisotopic (exact) mass is 256 g/mol. The molecule has 1 rings (SSSR count). The van der Waals surface area contributed by atoms with Crippen LogP contribution in [0.15, 0.2) is 30.3 Å². The average Bonchev–Trinajstić information content (AvgIpc) is 2.28. The molecule has 0 saturated carbocycles. The van der Waals surface area contributed by atoms with Crippen LogP contribution in [0.2, 0.25) is 0 Å². The molecule has 0 bridgehead atoms. The summed E-state index contributed by atoms with van der Waals surface area (Å²) in [5.41, 5.74) is -1.37. The van der Waals surface area contributed by atoms with Crippen LogP contribution in [0.4, 0.5) is 5.69 Å². The number of para-hydroxylation sites is 1. The van der Waals surface area contributed by atoms with E-state index in [0.29, 0.717) is 5.69 Å². The number of rotatable bonds is 5. The summed E-state index contributed by atoms with van der Waals surface area (Å²) >= 11 is 5.18. The second-order valence-corrected chi connectivity index (χ2v) is 3.59. The number of nitro groups is 1. The maximum absolute atomic E-state index is 11.3. The maximum atomic E-state index is 11.3. The van der Waals surface area contributed by atoms with Crippen LogP contribution in [0.5, 0.6) is 0 Å². The van der Waals surface area contributed by atoms with E-state index in [9.17, 15) is 19.7 Å². The van der Waals surface area contributed by atoms with Gasteiger partial charge in [-0.25, -0.2) is 0 Å². The molecule has 1 N–H and O–H groups in total. The zero-order chi connectivity index (χ0) is 12.8. The summed E-state index contributed by atoms with van der Waals surface area (Å²) in [6, 6.07) is 8.45. The molecule has 0 aromatic heterocycles. The van der Waals surface area contributed by atoms with Gasteiger partial charge in [0.2, 0.25) is 11.7 Å². The lowest BCUT2D eigenvalue weighted by Crippen LogP contribution is -2.27. The number of benzene rings is 1. The first kappa shape index (κ1) is 13.1. The SMILES string of the molecule is O=C(CC(=O)C(Cl)[N+](=O)[O-])Nc1ccccc1. The lowest BCUT2D eigenvalue weighted by molar-refractivity contribution is -0.484. The summed E-state index contributed by atoms with van der Waals surface area (Å²) in [5, 5.41) is 12.6. The van der Waals surface area contributed by atoms with E-state index in [1.165, 1.54) is 0 Å². The molecule has 1 aromatic rings. The Balaban J connectivity index is 2.51. The van der Waals surface area contributed by atoms with Crippen molar-refractivity contribution in [3.8, 4) is 0 Å². The van der Waals surface area contributed by atoms with E-state index >= 15 is 0 Å². The predicted octanol–water partition coefficient (Wildman–Crippen LogP) is 1.43. The number of carbonyl (C=O) groups is 2. The zero-order valence-corrected chi connectivity index (χ0v) is 9.39. The van der Waals surface area contributed by atoms with Crippen molar-refractivity contribution < 1.29 is 14.5 Å². The van der Waals surface area contributed by atoms with E-state index in [1.54, 1.807) is 30.3 Å². The molecule has 0 spiro atoms. The Bertz CT molecular complexity index is 435. The van der Waals surface area contributed by atoms with Gasteiger partial charge in [0, 0.05) is 10.6 Å². The number of Topliss-reactive ketones (excluding diaryl/α,β-unsaturated/α-hetero) is 1.